The molecule has 4 amide bonds. The Balaban J connectivity index is 1.33. The molecule has 0 unspecified atom stereocenters. The molecule has 1 aliphatic heterocycles. The van der Waals surface area contributed by atoms with E-state index >= 15 is 0 Å². The van der Waals surface area contributed by atoms with Crippen LogP contribution in [0, 0.1) is 11.3 Å². The molecule has 1 aromatic heterocycles. The predicted octanol–water partition coefficient (Wildman–Crippen LogP) is 5.27. The number of pyridine rings is 1. The Morgan fingerprint density at radius 3 is 2.22 bits per heavy atom. The van der Waals surface area contributed by atoms with Gasteiger partial charge >= 0.3 is 6.09 Å². The summed E-state index contributed by atoms with van der Waals surface area (Å²) >= 11 is 0. The van der Waals surface area contributed by atoms with Gasteiger partial charge in [0.05, 0.1) is 29.8 Å². The zero-order chi connectivity index (χ0) is 43.6. The number of amides is 4. The molecule has 4 aromatic rings. The molecule has 15 nitrogen and oxygen atoms in total. The van der Waals surface area contributed by atoms with E-state index in [1.165, 1.54) is 23.1 Å². The molecule has 16 heteroatoms. The van der Waals surface area contributed by atoms with Gasteiger partial charge in [0.2, 0.25) is 11.8 Å². The van der Waals surface area contributed by atoms with E-state index in [1.807, 2.05) is 36.4 Å². The number of hydrogen-bond donors (Lipinski definition) is 4. The van der Waals surface area contributed by atoms with Gasteiger partial charge in [0.15, 0.2) is 0 Å². The van der Waals surface area contributed by atoms with E-state index < -0.39 is 74.5 Å². The molecule has 0 spiro atoms. The topological polar surface area (TPSA) is 194 Å². The minimum atomic E-state index is -4.15. The highest BCUT2D eigenvalue weighted by molar-refractivity contribution is 7.89. The molecule has 3 aromatic carbocycles. The van der Waals surface area contributed by atoms with Crippen LogP contribution in [0.4, 0.5) is 4.79 Å². The molecule has 60 heavy (non-hydrogen) atoms. The Hall–Kier alpha value is -6.00. The molecular weight excluding hydrogens is 789 g/mol. The van der Waals surface area contributed by atoms with Crippen LogP contribution in [0.3, 0.4) is 0 Å². The van der Waals surface area contributed by atoms with Gasteiger partial charge in [-0.1, -0.05) is 75.4 Å². The van der Waals surface area contributed by atoms with Crippen LogP contribution in [0.5, 0.6) is 11.5 Å². The normalized spacial score (nSPS) is 20.7. The Morgan fingerprint density at radius 1 is 0.950 bits per heavy atom. The summed E-state index contributed by atoms with van der Waals surface area (Å²) in [5.74, 6) is -1.56. The smallest absolute Gasteiger partial charge is 0.408 e. The maximum Gasteiger partial charge on any atom is 0.408 e. The number of benzene rings is 3. The zero-order valence-corrected chi connectivity index (χ0v) is 35.6. The van der Waals surface area contributed by atoms with E-state index in [9.17, 15) is 27.6 Å². The van der Waals surface area contributed by atoms with Gasteiger partial charge in [-0.2, -0.15) is 0 Å². The van der Waals surface area contributed by atoms with Crippen LogP contribution >= 0.6 is 0 Å². The molecule has 5 atom stereocenters. The third-order valence-corrected chi connectivity index (χ3v) is 11.6. The van der Waals surface area contributed by atoms with Gasteiger partial charge < -0.3 is 29.7 Å². The van der Waals surface area contributed by atoms with E-state index in [2.05, 4.69) is 27.5 Å². The van der Waals surface area contributed by atoms with Crippen molar-refractivity contribution in [2.24, 2.45) is 11.3 Å². The number of ether oxygens (including phenoxy) is 3. The predicted molar refractivity (Wildman–Crippen MR) is 225 cm³/mol. The van der Waals surface area contributed by atoms with Crippen molar-refractivity contribution < 1.29 is 41.8 Å². The highest BCUT2D eigenvalue weighted by Gasteiger charge is 2.61. The van der Waals surface area contributed by atoms with Crippen molar-refractivity contribution in [1.82, 2.24) is 30.8 Å². The van der Waals surface area contributed by atoms with E-state index in [0.717, 1.165) is 5.56 Å². The molecule has 2 fully saturated rings. The third-order valence-electron chi connectivity index (χ3n) is 10.4. The fourth-order valence-electron chi connectivity index (χ4n) is 7.17. The monoisotopic (exact) mass is 840 g/mol. The van der Waals surface area contributed by atoms with Gasteiger partial charge in [0, 0.05) is 35.4 Å². The lowest BCUT2D eigenvalue weighted by Gasteiger charge is -2.36. The van der Waals surface area contributed by atoms with Crippen LogP contribution in [-0.2, 0) is 29.1 Å². The number of sulfonamides is 1. The molecule has 2 aliphatic rings. The number of rotatable bonds is 13. The average Bonchev–Trinajstić information content (AvgIpc) is 3.76. The SMILES string of the molecule is C=C[C@@H]1C[C@]1(NC(=O)[C@@H]1C[C@@H](Oc2cc(-c3ccccc3)nc3cc(OC)ccc23)CN1C(=O)[C@@H](NC(=O)OC(C)(C)C)C(C)(C)C)C(=O)NNS(=O)(=O)c1ccccc1. The highest BCUT2D eigenvalue weighted by Crippen LogP contribution is 2.45. The van der Waals surface area contributed by atoms with E-state index in [-0.39, 0.29) is 24.3 Å². The summed E-state index contributed by atoms with van der Waals surface area (Å²) in [5.41, 5.74) is 1.05. The first-order valence-electron chi connectivity index (χ1n) is 19.6. The van der Waals surface area contributed by atoms with Gasteiger partial charge in [0.25, 0.3) is 15.9 Å². The molecule has 0 radical (unpaired) electrons. The third kappa shape index (κ3) is 9.71. The Kier molecular flexibility index (Phi) is 12.3. The van der Waals surface area contributed by atoms with Crippen molar-refractivity contribution in [1.29, 1.82) is 0 Å². The van der Waals surface area contributed by atoms with Gasteiger partial charge in [-0.25, -0.2) is 18.2 Å². The summed E-state index contributed by atoms with van der Waals surface area (Å²) in [6.07, 6.45) is 0.0692. The van der Waals surface area contributed by atoms with Crippen molar-refractivity contribution in [3.8, 4) is 22.8 Å². The second-order valence-corrected chi connectivity index (χ2v) is 18.7. The summed E-state index contributed by atoms with van der Waals surface area (Å²) in [6, 6.07) is 21.9. The van der Waals surface area contributed by atoms with Crippen LogP contribution in [0.2, 0.25) is 0 Å². The van der Waals surface area contributed by atoms with Crippen molar-refractivity contribution in [2.45, 2.75) is 88.6 Å². The second-order valence-electron chi connectivity index (χ2n) is 17.1. The number of carbonyl (C=O) groups is 4. The summed E-state index contributed by atoms with van der Waals surface area (Å²) in [4.78, 5) is 64.4. The Morgan fingerprint density at radius 2 is 1.62 bits per heavy atom. The van der Waals surface area contributed by atoms with Crippen molar-refractivity contribution >= 4 is 44.7 Å². The standard InChI is InChI=1S/C44H52N6O9S/c1-9-28-25-44(28,40(53)48-49-60(55,56)31-18-14-11-15-19-31)47-38(51)35-23-30(26-50(35)39(52)37(42(2,3)4)46-41(54)59-43(5,6)7)58-36-24-33(27-16-12-10-13-17-27)45-34-22-29(57-8)20-21-32(34)36/h9-22,24,28,30,35,37,49H,1,23,25-26H2,2-8H3,(H,46,54)(H,47,51)(H,48,53)/t28-,30-,35+,37-,44-/m1/s1. The van der Waals surface area contributed by atoms with Crippen LogP contribution in [0.1, 0.15) is 54.4 Å². The summed E-state index contributed by atoms with van der Waals surface area (Å²) in [5, 5.41) is 6.23. The molecule has 6 rings (SSSR count). The molecule has 2 heterocycles. The maximum atomic E-state index is 14.7. The number of hydrazine groups is 1. The molecule has 4 N–H and O–H groups in total. The van der Waals surface area contributed by atoms with Crippen molar-refractivity contribution in [3.05, 3.63) is 97.6 Å². The minimum absolute atomic E-state index is 0.00138. The number of fused-ring (bicyclic) bond motifs is 1. The van der Waals surface area contributed by atoms with E-state index in [1.54, 1.807) is 85.1 Å². The first-order chi connectivity index (χ1) is 28.2. The summed E-state index contributed by atoms with van der Waals surface area (Å²) in [7, 11) is -2.58. The number of likely N-dealkylation sites (tertiary alicyclic amines) is 1. The highest BCUT2D eigenvalue weighted by atomic mass is 32.2. The Bertz CT molecular complexity index is 2380. The number of carbonyl (C=O) groups excluding carboxylic acids is 4. The fraction of sp³-hybridized carbons (Fsp3) is 0.386. The lowest BCUT2D eigenvalue weighted by molar-refractivity contribution is -0.143. The summed E-state index contributed by atoms with van der Waals surface area (Å²) < 4.78 is 43.6. The zero-order valence-electron chi connectivity index (χ0n) is 34.8. The Labute approximate surface area is 350 Å². The fourth-order valence-corrected chi connectivity index (χ4v) is 8.03. The van der Waals surface area contributed by atoms with Crippen LogP contribution in [0.25, 0.3) is 22.2 Å². The maximum absolute atomic E-state index is 14.7. The number of hydrogen-bond acceptors (Lipinski definition) is 10. The number of alkyl carbamates (subject to hydrolysis) is 1. The first-order valence-corrected chi connectivity index (χ1v) is 21.1. The quantitative estimate of drug-likeness (QED) is 0.102. The second kappa shape index (κ2) is 16.9. The molecule has 318 valence electrons. The van der Waals surface area contributed by atoms with Gasteiger partial charge in [-0.05, 0) is 56.9 Å². The average molecular weight is 841 g/mol. The molecule has 0 bridgehead atoms. The summed E-state index contributed by atoms with van der Waals surface area (Å²) in [6.45, 7) is 14.2. The number of nitrogens with zero attached hydrogens (tertiary/aromatic N) is 2. The van der Waals surface area contributed by atoms with Crippen LogP contribution in [0.15, 0.2) is 102 Å². The minimum Gasteiger partial charge on any atom is -0.497 e. The number of nitrogens with one attached hydrogen (secondary N) is 4. The lowest BCUT2D eigenvalue weighted by atomic mass is 9.85. The van der Waals surface area contributed by atoms with Gasteiger partial charge in [-0.3, -0.25) is 19.8 Å². The molecule has 1 saturated heterocycles. The van der Waals surface area contributed by atoms with E-state index in [0.29, 0.717) is 28.1 Å². The van der Waals surface area contributed by atoms with Crippen molar-refractivity contribution in [2.75, 3.05) is 13.7 Å². The lowest BCUT2D eigenvalue weighted by Crippen LogP contribution is -2.61. The van der Waals surface area contributed by atoms with Crippen LogP contribution < -0.4 is 30.4 Å². The van der Waals surface area contributed by atoms with Crippen molar-refractivity contribution in [3.63, 3.8) is 0 Å². The number of methoxy groups -OCH3 is 1. The molecule has 1 saturated carbocycles. The van der Waals surface area contributed by atoms with E-state index in [4.69, 9.17) is 19.2 Å². The first kappa shape index (κ1) is 43.6. The molecular formula is C44H52N6O9S. The molecule has 1 aliphatic carbocycles. The van der Waals surface area contributed by atoms with Gasteiger partial charge in [-0.15, -0.1) is 11.4 Å². The van der Waals surface area contributed by atoms with Crippen LogP contribution in [-0.4, -0.2) is 85.1 Å². The number of aromatic nitrogens is 1. The van der Waals surface area contributed by atoms with Gasteiger partial charge in [0.1, 0.15) is 40.8 Å². The largest absolute Gasteiger partial charge is 0.497 e.